The lowest BCUT2D eigenvalue weighted by molar-refractivity contribution is -0.115. The average Bonchev–Trinajstić information content (AvgIpc) is 3.14. The molecule has 1 aliphatic rings. The average molecular weight is 393 g/mol. The van der Waals surface area contributed by atoms with Crippen LogP contribution in [0.2, 0.25) is 0 Å². The van der Waals surface area contributed by atoms with Crippen molar-refractivity contribution in [1.82, 2.24) is 15.3 Å². The lowest BCUT2D eigenvalue weighted by atomic mass is 9.85. The highest BCUT2D eigenvalue weighted by Crippen LogP contribution is 2.35. The van der Waals surface area contributed by atoms with Crippen LogP contribution in [0.25, 0.3) is 28.4 Å². The number of oxazole rings is 1. The molecule has 7 heteroatoms. The van der Waals surface area contributed by atoms with Crippen molar-refractivity contribution in [2.75, 3.05) is 0 Å². The monoisotopic (exact) mass is 393 g/mol. The molecule has 3 heterocycles. The first-order valence-electron chi connectivity index (χ1n) is 8.84. The number of carbonyl (C=O) groups is 2. The number of benzene rings is 1. The van der Waals surface area contributed by atoms with Crippen LogP contribution >= 0.6 is 11.8 Å². The Hall–Kier alpha value is -2.93. The van der Waals surface area contributed by atoms with Gasteiger partial charge in [-0.1, -0.05) is 26.8 Å². The van der Waals surface area contributed by atoms with E-state index < -0.39 is 0 Å². The van der Waals surface area contributed by atoms with Crippen LogP contribution < -0.4 is 5.32 Å². The second kappa shape index (κ2) is 6.60. The van der Waals surface area contributed by atoms with Gasteiger partial charge in [-0.2, -0.15) is 0 Å². The van der Waals surface area contributed by atoms with Crippen LogP contribution in [0.3, 0.4) is 0 Å². The van der Waals surface area contributed by atoms with Crippen molar-refractivity contribution < 1.29 is 14.0 Å². The molecule has 0 aliphatic carbocycles. The second-order valence-electron chi connectivity index (χ2n) is 7.68. The van der Waals surface area contributed by atoms with E-state index in [0.29, 0.717) is 10.8 Å². The van der Waals surface area contributed by atoms with Gasteiger partial charge in [0.05, 0.1) is 10.6 Å². The summed E-state index contributed by atoms with van der Waals surface area (Å²) >= 11 is 0.893. The van der Waals surface area contributed by atoms with E-state index in [1.54, 1.807) is 12.3 Å². The Kier molecular flexibility index (Phi) is 4.34. The lowest BCUT2D eigenvalue weighted by Gasteiger charge is -2.20. The third-order valence-corrected chi connectivity index (χ3v) is 5.24. The van der Waals surface area contributed by atoms with Crippen LogP contribution in [-0.2, 0) is 10.2 Å². The number of pyridine rings is 1. The Labute approximate surface area is 166 Å². The summed E-state index contributed by atoms with van der Waals surface area (Å²) < 4.78 is 5.82. The molecule has 0 saturated carbocycles. The predicted octanol–water partition coefficient (Wildman–Crippen LogP) is 4.82. The van der Waals surface area contributed by atoms with Crippen LogP contribution in [-0.4, -0.2) is 21.1 Å². The van der Waals surface area contributed by atoms with Crippen LogP contribution in [0.1, 0.15) is 37.8 Å². The molecule has 4 rings (SSSR count). The summed E-state index contributed by atoms with van der Waals surface area (Å²) in [4.78, 5) is 32.4. The Morgan fingerprint density at radius 1 is 1.18 bits per heavy atom. The third-order valence-electron chi connectivity index (χ3n) is 4.43. The molecular weight excluding hydrogens is 374 g/mol. The number of imide groups is 1. The number of amides is 2. The molecule has 0 atom stereocenters. The summed E-state index contributed by atoms with van der Waals surface area (Å²) in [5, 5.41) is 1.89. The van der Waals surface area contributed by atoms with E-state index in [9.17, 15) is 9.59 Å². The molecule has 2 aromatic heterocycles. The van der Waals surface area contributed by atoms with E-state index in [2.05, 4.69) is 42.1 Å². The van der Waals surface area contributed by atoms with Crippen molar-refractivity contribution in [1.29, 1.82) is 0 Å². The lowest BCUT2D eigenvalue weighted by Crippen LogP contribution is -2.17. The van der Waals surface area contributed by atoms with Gasteiger partial charge in [-0.3, -0.25) is 19.9 Å². The van der Waals surface area contributed by atoms with Crippen LogP contribution in [0.5, 0.6) is 0 Å². The summed E-state index contributed by atoms with van der Waals surface area (Å²) in [6, 6.07) is 7.83. The molecule has 3 aromatic rings. The van der Waals surface area contributed by atoms with E-state index in [-0.39, 0.29) is 16.6 Å². The first-order valence-corrected chi connectivity index (χ1v) is 9.65. The van der Waals surface area contributed by atoms with Gasteiger partial charge >= 0.3 is 0 Å². The zero-order chi connectivity index (χ0) is 20.1. The van der Waals surface area contributed by atoms with E-state index in [1.165, 1.54) is 0 Å². The van der Waals surface area contributed by atoms with Gasteiger partial charge in [0, 0.05) is 24.2 Å². The van der Waals surface area contributed by atoms with Crippen molar-refractivity contribution in [3.05, 3.63) is 52.4 Å². The van der Waals surface area contributed by atoms with Gasteiger partial charge in [0.15, 0.2) is 11.5 Å². The summed E-state index contributed by atoms with van der Waals surface area (Å²) in [7, 11) is 0. The first kappa shape index (κ1) is 18.4. The number of hydrogen-bond acceptors (Lipinski definition) is 6. The van der Waals surface area contributed by atoms with E-state index in [1.807, 2.05) is 25.1 Å². The Balaban J connectivity index is 1.73. The Morgan fingerprint density at radius 2 is 1.96 bits per heavy atom. The molecular formula is C21H19N3O3S. The Morgan fingerprint density at radius 3 is 2.57 bits per heavy atom. The number of aromatic nitrogens is 2. The van der Waals surface area contributed by atoms with Gasteiger partial charge in [0.1, 0.15) is 5.52 Å². The molecule has 0 spiro atoms. The summed E-state index contributed by atoms with van der Waals surface area (Å²) in [5.41, 5.74) is 5.10. The molecule has 1 aliphatic heterocycles. The summed E-state index contributed by atoms with van der Waals surface area (Å²) in [6.07, 6.45) is 3.35. The maximum atomic E-state index is 11.7. The third kappa shape index (κ3) is 3.45. The maximum Gasteiger partial charge on any atom is 0.290 e. The zero-order valence-electron chi connectivity index (χ0n) is 16.0. The zero-order valence-corrected chi connectivity index (χ0v) is 16.8. The SMILES string of the molecule is Cc1nc2cc(-c3ccc(/C=C4\SC(=O)NC4=O)cn3)cc(C(C)(C)C)c2o1. The molecule has 1 N–H and O–H groups in total. The number of fused-ring (bicyclic) bond motifs is 1. The quantitative estimate of drug-likeness (QED) is 0.628. The normalized spacial score (nSPS) is 16.2. The molecule has 0 unspecified atom stereocenters. The van der Waals surface area contributed by atoms with Gasteiger partial charge in [-0.25, -0.2) is 4.98 Å². The smallest absolute Gasteiger partial charge is 0.290 e. The van der Waals surface area contributed by atoms with Gasteiger partial charge in [0.25, 0.3) is 11.1 Å². The number of thioether (sulfide) groups is 1. The highest BCUT2D eigenvalue weighted by atomic mass is 32.2. The molecule has 142 valence electrons. The largest absolute Gasteiger partial charge is 0.441 e. The number of nitrogens with zero attached hydrogens (tertiary/aromatic N) is 2. The van der Waals surface area contributed by atoms with E-state index in [0.717, 1.165) is 45.2 Å². The first-order chi connectivity index (χ1) is 13.2. The molecule has 6 nitrogen and oxygen atoms in total. The number of hydrogen-bond donors (Lipinski definition) is 1. The van der Waals surface area contributed by atoms with Crippen molar-refractivity contribution in [3.63, 3.8) is 0 Å². The molecule has 0 bridgehead atoms. The highest BCUT2D eigenvalue weighted by molar-refractivity contribution is 8.18. The highest BCUT2D eigenvalue weighted by Gasteiger charge is 2.25. The number of rotatable bonds is 2. The van der Waals surface area contributed by atoms with Gasteiger partial charge in [0.2, 0.25) is 0 Å². The van der Waals surface area contributed by atoms with Crippen molar-refractivity contribution in [3.8, 4) is 11.3 Å². The molecule has 1 aromatic carbocycles. The van der Waals surface area contributed by atoms with Gasteiger partial charge < -0.3 is 4.42 Å². The van der Waals surface area contributed by atoms with Gasteiger partial charge in [-0.15, -0.1) is 0 Å². The Bertz CT molecular complexity index is 1140. The van der Waals surface area contributed by atoms with Crippen LogP contribution in [0.4, 0.5) is 4.79 Å². The van der Waals surface area contributed by atoms with Crippen molar-refractivity contribution >= 4 is 40.1 Å². The number of nitrogens with one attached hydrogen (secondary N) is 1. The number of carbonyl (C=O) groups excluding carboxylic acids is 2. The summed E-state index contributed by atoms with van der Waals surface area (Å²) in [6.45, 7) is 8.25. The number of aryl methyl sites for hydroxylation is 1. The fourth-order valence-electron chi connectivity index (χ4n) is 3.08. The fourth-order valence-corrected chi connectivity index (χ4v) is 3.77. The minimum Gasteiger partial charge on any atom is -0.441 e. The second-order valence-corrected chi connectivity index (χ2v) is 8.70. The predicted molar refractivity (Wildman–Crippen MR) is 110 cm³/mol. The van der Waals surface area contributed by atoms with Crippen LogP contribution in [0.15, 0.2) is 39.8 Å². The van der Waals surface area contributed by atoms with Crippen LogP contribution in [0, 0.1) is 6.92 Å². The maximum absolute atomic E-state index is 11.7. The van der Waals surface area contributed by atoms with Crippen molar-refractivity contribution in [2.24, 2.45) is 0 Å². The topological polar surface area (TPSA) is 85.1 Å². The van der Waals surface area contributed by atoms with Gasteiger partial charge in [-0.05, 0) is 47.0 Å². The molecule has 0 radical (unpaired) electrons. The minimum absolute atomic E-state index is 0.107. The summed E-state index contributed by atoms with van der Waals surface area (Å²) in [5.74, 6) is 0.259. The van der Waals surface area contributed by atoms with E-state index >= 15 is 0 Å². The molecule has 1 fully saturated rings. The molecule has 2 amide bonds. The minimum atomic E-state index is -0.374. The molecule has 1 saturated heterocycles. The van der Waals surface area contributed by atoms with E-state index in [4.69, 9.17) is 4.42 Å². The fraction of sp³-hybridized carbons (Fsp3) is 0.238. The molecule has 28 heavy (non-hydrogen) atoms. The van der Waals surface area contributed by atoms with Crippen molar-refractivity contribution in [2.45, 2.75) is 33.1 Å². The standard InChI is InChI=1S/C21H19N3O3S/c1-11-23-16-9-13(8-14(18(16)27-11)21(2,3)4)15-6-5-12(10-22-15)7-17-19(25)24-20(26)28-17/h5-10H,1-4H3,(H,24,25,26)/b17-7-.